The zero-order chi connectivity index (χ0) is 12.4. The van der Waals surface area contributed by atoms with Crippen molar-refractivity contribution in [3.05, 3.63) is 36.2 Å². The number of anilines is 3. The molecule has 2 aromatic rings. The summed E-state index contributed by atoms with van der Waals surface area (Å²) in [4.78, 5) is 10.9. The van der Waals surface area contributed by atoms with Crippen molar-refractivity contribution in [1.29, 1.82) is 0 Å². The van der Waals surface area contributed by atoms with Gasteiger partial charge in [-0.05, 0) is 18.2 Å². The number of nitrogen functional groups attached to an aromatic ring is 1. The summed E-state index contributed by atoms with van der Waals surface area (Å²) in [6.07, 6.45) is 3.44. The summed E-state index contributed by atoms with van der Waals surface area (Å²) >= 11 is 0. The molecule has 0 radical (unpaired) electrons. The van der Waals surface area contributed by atoms with E-state index in [0.717, 1.165) is 5.69 Å². The summed E-state index contributed by atoms with van der Waals surface area (Å²) in [5.74, 6) is -1.04. The van der Waals surface area contributed by atoms with Gasteiger partial charge in [-0.15, -0.1) is 0 Å². The van der Waals surface area contributed by atoms with Crippen molar-refractivity contribution in [2.75, 3.05) is 11.1 Å². The fraction of sp³-hybridized carbons (Fsp3) is 0.0909. The van der Waals surface area contributed by atoms with Gasteiger partial charge in [-0.2, -0.15) is 5.10 Å². The third-order valence-corrected chi connectivity index (χ3v) is 2.28. The third kappa shape index (κ3) is 2.36. The Labute approximate surface area is 97.7 Å². The Morgan fingerprint density at radius 1 is 1.47 bits per heavy atom. The average Bonchev–Trinajstić information content (AvgIpc) is 2.66. The Morgan fingerprint density at radius 2 is 2.24 bits per heavy atom. The van der Waals surface area contributed by atoms with Crippen LogP contribution in [0.15, 0.2) is 30.6 Å². The van der Waals surface area contributed by atoms with E-state index < -0.39 is 5.97 Å². The SMILES string of the molecule is Cn1cc(Nc2ccc(N)c(C(=O)O)c2)cn1. The van der Waals surface area contributed by atoms with Crippen LogP contribution in [0.3, 0.4) is 0 Å². The molecule has 0 aliphatic heterocycles. The first-order valence-electron chi connectivity index (χ1n) is 4.95. The van der Waals surface area contributed by atoms with E-state index in [1.165, 1.54) is 6.07 Å². The second-order valence-corrected chi connectivity index (χ2v) is 3.63. The molecule has 0 aliphatic carbocycles. The molecule has 1 heterocycles. The minimum Gasteiger partial charge on any atom is -0.478 e. The zero-order valence-electron chi connectivity index (χ0n) is 9.21. The number of benzene rings is 1. The quantitative estimate of drug-likeness (QED) is 0.696. The molecule has 0 saturated carbocycles. The van der Waals surface area contributed by atoms with Gasteiger partial charge in [0.2, 0.25) is 0 Å². The molecular formula is C11H12N4O2. The number of hydrogen-bond donors (Lipinski definition) is 3. The fourth-order valence-electron chi connectivity index (χ4n) is 1.47. The van der Waals surface area contributed by atoms with Gasteiger partial charge >= 0.3 is 5.97 Å². The largest absolute Gasteiger partial charge is 0.478 e. The molecule has 0 spiro atoms. The molecule has 88 valence electrons. The minimum atomic E-state index is -1.04. The number of nitrogens with two attached hydrogens (primary N) is 1. The molecule has 17 heavy (non-hydrogen) atoms. The highest BCUT2D eigenvalue weighted by Crippen LogP contribution is 2.21. The van der Waals surface area contributed by atoms with E-state index in [1.807, 2.05) is 0 Å². The third-order valence-electron chi connectivity index (χ3n) is 2.28. The highest BCUT2D eigenvalue weighted by molar-refractivity contribution is 5.95. The Balaban J connectivity index is 2.28. The van der Waals surface area contributed by atoms with Gasteiger partial charge in [0.15, 0.2) is 0 Å². The standard InChI is InChI=1S/C11H12N4O2/c1-15-6-8(5-13-15)14-7-2-3-10(12)9(4-7)11(16)17/h2-6,14H,12H2,1H3,(H,16,17). The molecular weight excluding hydrogens is 220 g/mol. The first-order valence-corrected chi connectivity index (χ1v) is 4.95. The Morgan fingerprint density at radius 3 is 2.82 bits per heavy atom. The van der Waals surface area contributed by atoms with Crippen LogP contribution in [0.1, 0.15) is 10.4 Å². The Bertz CT molecular complexity index is 562. The van der Waals surface area contributed by atoms with Crippen molar-refractivity contribution >= 4 is 23.0 Å². The second kappa shape index (κ2) is 4.17. The molecule has 0 amide bonds. The first kappa shape index (κ1) is 11.0. The monoisotopic (exact) mass is 232 g/mol. The molecule has 0 fully saturated rings. The number of aromatic carboxylic acids is 1. The maximum Gasteiger partial charge on any atom is 0.337 e. The maximum absolute atomic E-state index is 10.9. The van der Waals surface area contributed by atoms with Crippen molar-refractivity contribution in [3.8, 4) is 0 Å². The number of carbonyl (C=O) groups is 1. The number of nitrogens with one attached hydrogen (secondary N) is 1. The maximum atomic E-state index is 10.9. The van der Waals surface area contributed by atoms with E-state index in [2.05, 4.69) is 10.4 Å². The number of hydrogen-bond acceptors (Lipinski definition) is 4. The molecule has 1 aromatic carbocycles. The minimum absolute atomic E-state index is 0.0823. The van der Waals surface area contributed by atoms with Gasteiger partial charge in [0.1, 0.15) is 0 Å². The zero-order valence-corrected chi connectivity index (χ0v) is 9.21. The molecule has 6 heteroatoms. The van der Waals surface area contributed by atoms with Crippen molar-refractivity contribution < 1.29 is 9.90 Å². The van der Waals surface area contributed by atoms with Gasteiger partial charge in [0.05, 0.1) is 17.4 Å². The molecule has 0 atom stereocenters. The summed E-state index contributed by atoms with van der Waals surface area (Å²) in [7, 11) is 1.80. The van der Waals surface area contributed by atoms with Crippen LogP contribution in [-0.2, 0) is 7.05 Å². The Hall–Kier alpha value is -2.50. The summed E-state index contributed by atoms with van der Waals surface area (Å²) in [5, 5.41) is 16.0. The number of carboxylic acids is 1. The molecule has 0 unspecified atom stereocenters. The molecule has 0 saturated heterocycles. The lowest BCUT2D eigenvalue weighted by Crippen LogP contribution is -2.03. The topological polar surface area (TPSA) is 93.2 Å². The second-order valence-electron chi connectivity index (χ2n) is 3.63. The van der Waals surface area contributed by atoms with E-state index in [9.17, 15) is 4.79 Å². The molecule has 0 bridgehead atoms. The normalized spacial score (nSPS) is 10.2. The van der Waals surface area contributed by atoms with E-state index in [0.29, 0.717) is 5.69 Å². The van der Waals surface area contributed by atoms with Crippen molar-refractivity contribution in [2.45, 2.75) is 0 Å². The van der Waals surface area contributed by atoms with E-state index in [1.54, 1.807) is 36.3 Å². The Kier molecular flexibility index (Phi) is 2.70. The summed E-state index contributed by atoms with van der Waals surface area (Å²) < 4.78 is 1.65. The number of nitrogens with zero attached hydrogens (tertiary/aromatic N) is 2. The molecule has 4 N–H and O–H groups in total. The van der Waals surface area contributed by atoms with Gasteiger partial charge in [-0.1, -0.05) is 0 Å². The van der Waals surface area contributed by atoms with Crippen molar-refractivity contribution in [3.63, 3.8) is 0 Å². The van der Waals surface area contributed by atoms with E-state index >= 15 is 0 Å². The average molecular weight is 232 g/mol. The van der Waals surface area contributed by atoms with Crippen LogP contribution in [0.25, 0.3) is 0 Å². The van der Waals surface area contributed by atoms with Crippen molar-refractivity contribution in [1.82, 2.24) is 9.78 Å². The van der Waals surface area contributed by atoms with Crippen LogP contribution in [-0.4, -0.2) is 20.9 Å². The van der Waals surface area contributed by atoms with Crippen LogP contribution >= 0.6 is 0 Å². The predicted molar refractivity (Wildman–Crippen MR) is 64.3 cm³/mol. The van der Waals surface area contributed by atoms with Gasteiger partial charge in [-0.25, -0.2) is 4.79 Å². The van der Waals surface area contributed by atoms with Gasteiger partial charge in [0.25, 0.3) is 0 Å². The molecule has 2 rings (SSSR count). The highest BCUT2D eigenvalue weighted by Gasteiger charge is 2.08. The number of rotatable bonds is 3. The van der Waals surface area contributed by atoms with Gasteiger partial charge in [0, 0.05) is 24.6 Å². The van der Waals surface area contributed by atoms with Gasteiger partial charge < -0.3 is 16.2 Å². The van der Waals surface area contributed by atoms with Crippen molar-refractivity contribution in [2.24, 2.45) is 7.05 Å². The van der Waals surface area contributed by atoms with Crippen LogP contribution in [0.2, 0.25) is 0 Å². The number of carboxylic acid groups (broad SMARTS) is 1. The summed E-state index contributed by atoms with van der Waals surface area (Å²) in [6, 6.07) is 4.77. The molecule has 6 nitrogen and oxygen atoms in total. The summed E-state index contributed by atoms with van der Waals surface area (Å²) in [5.41, 5.74) is 7.33. The van der Waals surface area contributed by atoms with E-state index in [4.69, 9.17) is 10.8 Å². The number of aryl methyl sites for hydroxylation is 1. The lowest BCUT2D eigenvalue weighted by atomic mass is 10.1. The number of aromatic nitrogens is 2. The molecule has 0 aliphatic rings. The fourth-order valence-corrected chi connectivity index (χ4v) is 1.47. The van der Waals surface area contributed by atoms with Crippen LogP contribution in [0, 0.1) is 0 Å². The first-order chi connectivity index (χ1) is 8.06. The van der Waals surface area contributed by atoms with Crippen LogP contribution in [0.5, 0.6) is 0 Å². The predicted octanol–water partition coefficient (Wildman–Crippen LogP) is 1.44. The summed E-state index contributed by atoms with van der Waals surface area (Å²) in [6.45, 7) is 0. The highest BCUT2D eigenvalue weighted by atomic mass is 16.4. The lowest BCUT2D eigenvalue weighted by molar-refractivity contribution is 0.0698. The van der Waals surface area contributed by atoms with Crippen LogP contribution < -0.4 is 11.1 Å². The van der Waals surface area contributed by atoms with Crippen LogP contribution in [0.4, 0.5) is 17.1 Å². The smallest absolute Gasteiger partial charge is 0.337 e. The lowest BCUT2D eigenvalue weighted by Gasteiger charge is -2.06. The molecule has 1 aromatic heterocycles. The van der Waals surface area contributed by atoms with E-state index in [-0.39, 0.29) is 11.3 Å². The van der Waals surface area contributed by atoms with Gasteiger partial charge in [-0.3, -0.25) is 4.68 Å².